The first-order valence-corrected chi connectivity index (χ1v) is 18.6. The highest BCUT2D eigenvalue weighted by molar-refractivity contribution is 6.08. The smallest absolute Gasteiger partial charge is 0.407 e. The van der Waals surface area contributed by atoms with Crippen molar-refractivity contribution in [1.29, 1.82) is 0 Å². The fourth-order valence-corrected chi connectivity index (χ4v) is 6.41. The number of aliphatic imine (C=N–C) groups is 1. The van der Waals surface area contributed by atoms with Crippen molar-refractivity contribution in [3.63, 3.8) is 0 Å². The molecule has 0 spiro atoms. The number of fused-ring (bicyclic) bond motifs is 1. The number of benzene rings is 2. The molecule has 5 rings (SSSR count). The van der Waals surface area contributed by atoms with Crippen molar-refractivity contribution in [2.75, 3.05) is 54.8 Å². The van der Waals surface area contributed by atoms with E-state index >= 15 is 0 Å². The number of nitrogens with zero attached hydrogens (tertiary/aromatic N) is 4. The van der Waals surface area contributed by atoms with E-state index in [9.17, 15) is 24.0 Å². The van der Waals surface area contributed by atoms with Crippen LogP contribution in [0.4, 0.5) is 27.7 Å². The van der Waals surface area contributed by atoms with Gasteiger partial charge < -0.3 is 41.5 Å². The first kappa shape index (κ1) is 39.9. The lowest BCUT2D eigenvalue weighted by Gasteiger charge is -2.32. The lowest BCUT2D eigenvalue weighted by atomic mass is 9.96. The summed E-state index contributed by atoms with van der Waals surface area (Å²) in [4.78, 5) is 74.8. The van der Waals surface area contributed by atoms with Crippen LogP contribution in [-0.2, 0) is 25.7 Å². The third-order valence-corrected chi connectivity index (χ3v) is 9.25. The van der Waals surface area contributed by atoms with Crippen molar-refractivity contribution >= 4 is 65.0 Å². The normalized spacial score (nSPS) is 14.0. The predicted octanol–water partition coefficient (Wildman–Crippen LogP) is 4.59. The Morgan fingerprint density at radius 3 is 2.33 bits per heavy atom. The fourth-order valence-electron chi connectivity index (χ4n) is 6.41. The Bertz CT molecular complexity index is 1880. The number of rotatable bonds is 16. The molecule has 3 aromatic rings. The third-order valence-electron chi connectivity index (χ3n) is 9.25. The number of piperidine rings is 1. The van der Waals surface area contributed by atoms with Crippen LogP contribution in [-0.4, -0.2) is 85.2 Å². The van der Waals surface area contributed by atoms with Gasteiger partial charge in [-0.25, -0.2) is 14.8 Å². The van der Waals surface area contributed by atoms with Gasteiger partial charge in [-0.05, 0) is 73.7 Å². The molecule has 0 atom stereocenters. The number of amidine groups is 1. The Hall–Kier alpha value is -6.25. The Labute approximate surface area is 320 Å². The number of carbonyl (C=O) groups is 5. The highest BCUT2D eigenvalue weighted by Crippen LogP contribution is 2.29. The second-order valence-electron chi connectivity index (χ2n) is 13.4. The van der Waals surface area contributed by atoms with Gasteiger partial charge in [0, 0.05) is 74.0 Å². The number of hydrogen-bond acceptors (Lipinski definition) is 10. The van der Waals surface area contributed by atoms with Crippen LogP contribution in [0, 0.1) is 5.92 Å². The molecule has 0 unspecified atom stereocenters. The van der Waals surface area contributed by atoms with Gasteiger partial charge in [-0.2, -0.15) is 0 Å². The number of nitrogens with two attached hydrogens (primary N) is 1. The average molecular weight is 752 g/mol. The Morgan fingerprint density at radius 1 is 0.945 bits per heavy atom. The monoisotopic (exact) mass is 751 g/mol. The second-order valence-corrected chi connectivity index (χ2v) is 13.4. The number of ether oxygens (including phenoxy) is 1. The summed E-state index contributed by atoms with van der Waals surface area (Å²) in [7, 11) is 0. The number of aromatic nitrogens is 1. The molecule has 1 fully saturated rings. The first-order chi connectivity index (χ1) is 26.7. The maximum Gasteiger partial charge on any atom is 0.407 e. The predicted molar refractivity (Wildman–Crippen MR) is 212 cm³/mol. The van der Waals surface area contributed by atoms with Crippen LogP contribution in [0.15, 0.2) is 71.4 Å². The zero-order valence-electron chi connectivity index (χ0n) is 31.3. The standard InChI is InChI=1S/C40H49N9O6/c1-3-17-49(18-4-2)39(53)31-21-29-7-8-30(22-34(29)47-35(41)23-31)38(52)46-33-11-12-36(44-24-33)48-19-13-28(14-20-48)37(51)42-15-16-43-40(54)55-25-27-5-9-32(10-6-27)45-26-50/h5-12,21-22,24,26,28H,3-4,13-20,23,25H2,1-2H3,(H2,41,47)(H,42,51)(H,43,54)(H,45,50)(H,46,52). The zero-order chi connectivity index (χ0) is 39.2. The van der Waals surface area contributed by atoms with E-state index in [-0.39, 0.29) is 49.8 Å². The largest absolute Gasteiger partial charge is 0.445 e. The summed E-state index contributed by atoms with van der Waals surface area (Å²) in [5.41, 5.74) is 10.4. The van der Waals surface area contributed by atoms with E-state index in [1.54, 1.807) is 54.7 Å². The number of anilines is 3. The fraction of sp³-hybridized carbons (Fsp3) is 0.375. The summed E-state index contributed by atoms with van der Waals surface area (Å²) in [6.45, 7) is 7.30. The van der Waals surface area contributed by atoms with Gasteiger partial charge >= 0.3 is 6.09 Å². The summed E-state index contributed by atoms with van der Waals surface area (Å²) in [5.74, 6) is 0.466. The van der Waals surface area contributed by atoms with E-state index < -0.39 is 6.09 Å². The van der Waals surface area contributed by atoms with Crippen LogP contribution >= 0.6 is 0 Å². The molecule has 2 aliphatic heterocycles. The van der Waals surface area contributed by atoms with Gasteiger partial charge in [0.1, 0.15) is 18.3 Å². The number of alkyl carbamates (subject to hydrolysis) is 1. The van der Waals surface area contributed by atoms with Crippen molar-refractivity contribution in [2.45, 2.75) is 52.6 Å². The van der Waals surface area contributed by atoms with Crippen molar-refractivity contribution in [2.24, 2.45) is 16.6 Å². The topological polar surface area (TPSA) is 200 Å². The minimum atomic E-state index is -0.590. The summed E-state index contributed by atoms with van der Waals surface area (Å²) < 4.78 is 5.20. The lowest BCUT2D eigenvalue weighted by molar-refractivity contribution is -0.127. The quantitative estimate of drug-likeness (QED) is 0.103. The number of hydrogen-bond donors (Lipinski definition) is 5. The molecule has 1 aromatic heterocycles. The van der Waals surface area contributed by atoms with Crippen molar-refractivity contribution in [1.82, 2.24) is 20.5 Å². The maximum atomic E-state index is 13.3. The summed E-state index contributed by atoms with van der Waals surface area (Å²) >= 11 is 0. The average Bonchev–Trinajstić information content (AvgIpc) is 3.36. The highest BCUT2D eigenvalue weighted by atomic mass is 16.5. The summed E-state index contributed by atoms with van der Waals surface area (Å²) in [6, 6.07) is 15.7. The molecular formula is C40H49N9O6. The van der Waals surface area contributed by atoms with E-state index in [1.165, 1.54) is 0 Å². The van der Waals surface area contributed by atoms with Crippen molar-refractivity contribution in [3.05, 3.63) is 83.1 Å². The number of amides is 5. The molecule has 5 amide bonds. The molecule has 2 aliphatic rings. The second kappa shape index (κ2) is 19.7. The molecule has 3 heterocycles. The molecule has 15 nitrogen and oxygen atoms in total. The van der Waals surface area contributed by atoms with Crippen LogP contribution in [0.3, 0.4) is 0 Å². The molecule has 1 saturated heterocycles. The first-order valence-electron chi connectivity index (χ1n) is 18.6. The molecule has 0 saturated carbocycles. The lowest BCUT2D eigenvalue weighted by Crippen LogP contribution is -2.42. The van der Waals surface area contributed by atoms with Gasteiger partial charge in [-0.1, -0.05) is 32.0 Å². The molecule has 15 heteroatoms. The molecule has 0 aliphatic carbocycles. The van der Waals surface area contributed by atoms with Gasteiger partial charge in [0.2, 0.25) is 18.2 Å². The van der Waals surface area contributed by atoms with Crippen LogP contribution in [0.5, 0.6) is 0 Å². The zero-order valence-corrected chi connectivity index (χ0v) is 31.3. The SMILES string of the molecule is CCCN(CCC)C(=O)C1=Cc2ccc(C(=O)Nc3ccc(N4CCC(C(=O)NCCNC(=O)OCc5ccc(NC=O)cc5)CC4)nc3)cc2N=C(N)C1. The molecule has 290 valence electrons. The van der Waals surface area contributed by atoms with Crippen molar-refractivity contribution < 1.29 is 28.7 Å². The minimum Gasteiger partial charge on any atom is -0.445 e. The molecular weight excluding hydrogens is 702 g/mol. The van der Waals surface area contributed by atoms with Crippen LogP contribution in [0.1, 0.15) is 67.4 Å². The molecule has 2 aromatic carbocycles. The Morgan fingerprint density at radius 2 is 1.65 bits per heavy atom. The number of nitrogens with one attached hydrogen (secondary N) is 4. The van der Waals surface area contributed by atoms with Gasteiger partial charge in [-0.15, -0.1) is 0 Å². The van der Waals surface area contributed by atoms with E-state index in [0.717, 1.165) is 29.8 Å². The molecule has 0 bridgehead atoms. The number of pyridine rings is 1. The summed E-state index contributed by atoms with van der Waals surface area (Å²) in [6.07, 6.45) is 6.68. The minimum absolute atomic E-state index is 0.0452. The van der Waals surface area contributed by atoms with E-state index in [0.29, 0.717) is 79.5 Å². The summed E-state index contributed by atoms with van der Waals surface area (Å²) in [5, 5.41) is 10.9. The van der Waals surface area contributed by atoms with E-state index in [1.807, 2.05) is 30.9 Å². The van der Waals surface area contributed by atoms with Gasteiger partial charge in [-0.3, -0.25) is 19.2 Å². The van der Waals surface area contributed by atoms with E-state index in [4.69, 9.17) is 10.5 Å². The van der Waals surface area contributed by atoms with Crippen LogP contribution < -0.4 is 31.9 Å². The number of carbonyl (C=O) groups excluding carboxylic acids is 5. The van der Waals surface area contributed by atoms with E-state index in [2.05, 4.69) is 36.1 Å². The van der Waals surface area contributed by atoms with Crippen molar-refractivity contribution in [3.8, 4) is 0 Å². The maximum absolute atomic E-state index is 13.3. The van der Waals surface area contributed by atoms with Gasteiger partial charge in [0.25, 0.3) is 5.91 Å². The Balaban J connectivity index is 1.04. The highest BCUT2D eigenvalue weighted by Gasteiger charge is 2.26. The third kappa shape index (κ3) is 11.4. The molecule has 55 heavy (non-hydrogen) atoms. The van der Waals surface area contributed by atoms with Crippen LogP contribution in [0.25, 0.3) is 6.08 Å². The molecule has 0 radical (unpaired) electrons. The van der Waals surface area contributed by atoms with Crippen LogP contribution in [0.2, 0.25) is 0 Å². The van der Waals surface area contributed by atoms with Gasteiger partial charge in [0.05, 0.1) is 17.6 Å². The van der Waals surface area contributed by atoms with Gasteiger partial charge in [0.15, 0.2) is 0 Å². The molecule has 6 N–H and O–H groups in total. The Kier molecular flexibility index (Phi) is 14.3.